The Labute approximate surface area is 89.2 Å². The van der Waals surface area contributed by atoms with Crippen molar-refractivity contribution in [2.75, 3.05) is 0 Å². The highest BCUT2D eigenvalue weighted by Gasteiger charge is 2.19. The van der Waals surface area contributed by atoms with E-state index in [1.807, 2.05) is 30.3 Å². The summed E-state index contributed by atoms with van der Waals surface area (Å²) < 4.78 is 0. The van der Waals surface area contributed by atoms with E-state index in [4.69, 9.17) is 0 Å². The normalized spacial score (nSPS) is 16.9. The van der Waals surface area contributed by atoms with Crippen LogP contribution in [0.1, 0.15) is 24.8 Å². The predicted octanol–water partition coefficient (Wildman–Crippen LogP) is 2.79. The zero-order valence-corrected chi connectivity index (χ0v) is 8.57. The van der Waals surface area contributed by atoms with E-state index in [-0.39, 0.29) is 11.5 Å². The fraction of sp³-hybridized carbons (Fsp3) is 0.308. The molecule has 1 aliphatic rings. The molecule has 0 heterocycles. The number of hydrogen-bond acceptors (Lipinski definition) is 2. The highest BCUT2D eigenvalue weighted by Crippen LogP contribution is 2.22. The summed E-state index contributed by atoms with van der Waals surface area (Å²) in [5, 5.41) is 9.66. The zero-order chi connectivity index (χ0) is 10.7. The number of aliphatic hydroxyl groups is 1. The predicted molar refractivity (Wildman–Crippen MR) is 58.7 cm³/mol. The van der Waals surface area contributed by atoms with Gasteiger partial charge in [0.05, 0.1) is 5.76 Å². The van der Waals surface area contributed by atoms with Crippen LogP contribution in [0.25, 0.3) is 0 Å². The Hall–Kier alpha value is -1.57. The molecule has 0 unspecified atom stereocenters. The lowest BCUT2D eigenvalue weighted by Gasteiger charge is -2.14. The molecule has 0 aliphatic heterocycles. The Balaban J connectivity index is 2.21. The van der Waals surface area contributed by atoms with Crippen LogP contribution in [-0.4, -0.2) is 10.9 Å². The molecule has 2 heteroatoms. The zero-order valence-electron chi connectivity index (χ0n) is 8.57. The maximum absolute atomic E-state index is 11.6. The van der Waals surface area contributed by atoms with Gasteiger partial charge >= 0.3 is 0 Å². The van der Waals surface area contributed by atoms with E-state index in [0.29, 0.717) is 24.8 Å². The van der Waals surface area contributed by atoms with Gasteiger partial charge in [0.1, 0.15) is 0 Å². The van der Waals surface area contributed by atoms with Crippen molar-refractivity contribution >= 4 is 5.78 Å². The molecule has 1 aliphatic carbocycles. The molecule has 0 amide bonds. The van der Waals surface area contributed by atoms with Gasteiger partial charge in [-0.2, -0.15) is 0 Å². The van der Waals surface area contributed by atoms with Crippen molar-refractivity contribution in [3.05, 3.63) is 47.2 Å². The first-order chi connectivity index (χ1) is 7.27. The third kappa shape index (κ3) is 2.27. The van der Waals surface area contributed by atoms with Crippen molar-refractivity contribution in [3.63, 3.8) is 0 Å². The number of carbonyl (C=O) groups is 1. The molecule has 0 aromatic heterocycles. The Morgan fingerprint density at radius 3 is 2.53 bits per heavy atom. The molecule has 78 valence electrons. The number of benzene rings is 1. The van der Waals surface area contributed by atoms with Crippen LogP contribution in [0.5, 0.6) is 0 Å². The van der Waals surface area contributed by atoms with Gasteiger partial charge in [0.2, 0.25) is 0 Å². The van der Waals surface area contributed by atoms with Crippen LogP contribution >= 0.6 is 0 Å². The standard InChI is InChI=1S/C13H14O2/c14-12-7-4-8-13(15)11(12)9-10-5-2-1-3-6-10/h1-3,5-6,14H,4,7-9H2. The van der Waals surface area contributed by atoms with Gasteiger partial charge in [0.15, 0.2) is 5.78 Å². The molecule has 0 atom stereocenters. The molecular formula is C13H14O2. The fourth-order valence-electron chi connectivity index (χ4n) is 1.88. The number of ketones is 1. The number of hydrogen-bond donors (Lipinski definition) is 1. The quantitative estimate of drug-likeness (QED) is 0.800. The average molecular weight is 202 g/mol. The van der Waals surface area contributed by atoms with E-state index in [9.17, 15) is 9.90 Å². The van der Waals surface area contributed by atoms with E-state index in [2.05, 4.69) is 0 Å². The molecule has 15 heavy (non-hydrogen) atoms. The molecule has 0 spiro atoms. The molecule has 1 aromatic carbocycles. The summed E-state index contributed by atoms with van der Waals surface area (Å²) in [6.45, 7) is 0. The second-order valence-electron chi connectivity index (χ2n) is 3.86. The Kier molecular flexibility index (Phi) is 2.86. The summed E-state index contributed by atoms with van der Waals surface area (Å²) in [6, 6.07) is 9.78. The van der Waals surface area contributed by atoms with Crippen LogP contribution in [0.15, 0.2) is 41.7 Å². The van der Waals surface area contributed by atoms with Gasteiger partial charge in [-0.15, -0.1) is 0 Å². The lowest BCUT2D eigenvalue weighted by Crippen LogP contribution is -2.13. The smallest absolute Gasteiger partial charge is 0.162 e. The van der Waals surface area contributed by atoms with Gasteiger partial charge in [-0.3, -0.25) is 4.79 Å². The molecule has 1 aromatic rings. The summed E-state index contributed by atoms with van der Waals surface area (Å²) in [6.07, 6.45) is 2.56. The third-order valence-corrected chi connectivity index (χ3v) is 2.73. The molecule has 0 fully saturated rings. The fourth-order valence-corrected chi connectivity index (χ4v) is 1.88. The van der Waals surface area contributed by atoms with Crippen molar-refractivity contribution in [1.29, 1.82) is 0 Å². The minimum Gasteiger partial charge on any atom is -0.512 e. The molecule has 0 saturated heterocycles. The highest BCUT2D eigenvalue weighted by atomic mass is 16.3. The van der Waals surface area contributed by atoms with Crippen LogP contribution in [0.2, 0.25) is 0 Å². The Morgan fingerprint density at radius 2 is 1.87 bits per heavy atom. The number of carbonyl (C=O) groups excluding carboxylic acids is 1. The second-order valence-corrected chi connectivity index (χ2v) is 3.86. The minimum atomic E-state index is 0.0996. The Bertz CT molecular complexity index is 390. The van der Waals surface area contributed by atoms with E-state index < -0.39 is 0 Å². The largest absolute Gasteiger partial charge is 0.512 e. The first-order valence-corrected chi connectivity index (χ1v) is 5.25. The third-order valence-electron chi connectivity index (χ3n) is 2.73. The molecular weight excluding hydrogens is 188 g/mol. The lowest BCUT2D eigenvalue weighted by molar-refractivity contribution is -0.116. The second kappa shape index (κ2) is 4.30. The van der Waals surface area contributed by atoms with Crippen molar-refractivity contribution in [2.24, 2.45) is 0 Å². The maximum atomic E-state index is 11.6. The number of allylic oxidation sites excluding steroid dienone is 2. The summed E-state index contributed by atoms with van der Waals surface area (Å²) >= 11 is 0. The summed E-state index contributed by atoms with van der Waals surface area (Å²) in [5.41, 5.74) is 1.68. The van der Waals surface area contributed by atoms with Crippen molar-refractivity contribution < 1.29 is 9.90 Å². The van der Waals surface area contributed by atoms with Gasteiger partial charge < -0.3 is 5.11 Å². The van der Waals surface area contributed by atoms with Gasteiger partial charge in [-0.1, -0.05) is 30.3 Å². The summed E-state index contributed by atoms with van der Waals surface area (Å²) in [5.74, 6) is 0.387. The van der Waals surface area contributed by atoms with E-state index >= 15 is 0 Å². The maximum Gasteiger partial charge on any atom is 0.162 e. The minimum absolute atomic E-state index is 0.0996. The molecule has 2 rings (SSSR count). The van der Waals surface area contributed by atoms with Crippen LogP contribution in [-0.2, 0) is 11.2 Å². The van der Waals surface area contributed by atoms with Crippen LogP contribution in [0, 0.1) is 0 Å². The Morgan fingerprint density at radius 1 is 1.13 bits per heavy atom. The molecule has 1 N–H and O–H groups in total. The number of Topliss-reactive ketones (excluding diaryl/α,β-unsaturated/α-hetero) is 1. The topological polar surface area (TPSA) is 37.3 Å². The van der Waals surface area contributed by atoms with Crippen LogP contribution < -0.4 is 0 Å². The van der Waals surface area contributed by atoms with Gasteiger partial charge in [-0.05, 0) is 12.0 Å². The van der Waals surface area contributed by atoms with E-state index in [0.717, 1.165) is 12.0 Å². The number of aliphatic hydroxyl groups excluding tert-OH is 1. The van der Waals surface area contributed by atoms with Gasteiger partial charge in [-0.25, -0.2) is 0 Å². The first kappa shape index (κ1) is 9.97. The van der Waals surface area contributed by atoms with E-state index in [1.54, 1.807) is 0 Å². The lowest BCUT2D eigenvalue weighted by atomic mass is 9.91. The first-order valence-electron chi connectivity index (χ1n) is 5.25. The monoisotopic (exact) mass is 202 g/mol. The molecule has 0 bridgehead atoms. The van der Waals surface area contributed by atoms with Gasteiger partial charge in [0.25, 0.3) is 0 Å². The highest BCUT2D eigenvalue weighted by molar-refractivity contribution is 5.96. The molecule has 2 nitrogen and oxygen atoms in total. The summed E-state index contributed by atoms with van der Waals surface area (Å²) in [4.78, 5) is 11.6. The van der Waals surface area contributed by atoms with Gasteiger partial charge in [0, 0.05) is 24.8 Å². The van der Waals surface area contributed by atoms with E-state index in [1.165, 1.54) is 0 Å². The van der Waals surface area contributed by atoms with Crippen LogP contribution in [0.3, 0.4) is 0 Å². The average Bonchev–Trinajstić information content (AvgIpc) is 2.25. The van der Waals surface area contributed by atoms with Crippen molar-refractivity contribution in [2.45, 2.75) is 25.7 Å². The SMILES string of the molecule is O=C1CCCC(O)=C1Cc1ccccc1. The molecule has 0 saturated carbocycles. The number of rotatable bonds is 2. The van der Waals surface area contributed by atoms with Crippen molar-refractivity contribution in [3.8, 4) is 0 Å². The molecule has 0 radical (unpaired) electrons. The summed E-state index contributed by atoms with van der Waals surface area (Å²) in [7, 11) is 0. The van der Waals surface area contributed by atoms with Crippen LogP contribution in [0.4, 0.5) is 0 Å². The van der Waals surface area contributed by atoms with Crippen molar-refractivity contribution in [1.82, 2.24) is 0 Å².